The molecule has 3 aromatic heterocycles. The number of halogens is 1. The van der Waals surface area contributed by atoms with E-state index in [-0.39, 0.29) is 19.7 Å². The van der Waals surface area contributed by atoms with Crippen LogP contribution in [0.15, 0.2) is 49.1 Å². The first-order chi connectivity index (χ1) is 16.2. The lowest BCUT2D eigenvalue weighted by atomic mass is 10.1. The Morgan fingerprint density at radius 3 is 2.94 bits per heavy atom. The Morgan fingerprint density at radius 1 is 1.24 bits per heavy atom. The molecule has 10 nitrogen and oxygen atoms in total. The summed E-state index contributed by atoms with van der Waals surface area (Å²) in [6.07, 6.45) is 7.67. The highest BCUT2D eigenvalue weighted by molar-refractivity contribution is 6.04. The van der Waals surface area contributed by atoms with Gasteiger partial charge in [-0.25, -0.2) is 14.1 Å². The number of ether oxygens (including phenoxy) is 1. The molecule has 174 valence electrons. The molecule has 1 fully saturated rings. The summed E-state index contributed by atoms with van der Waals surface area (Å²) in [6, 6.07) is 8.10. The fourth-order valence-corrected chi connectivity index (χ4v) is 3.90. The minimum absolute atomic E-state index is 0. The van der Waals surface area contributed by atoms with E-state index in [9.17, 15) is 9.18 Å². The van der Waals surface area contributed by atoms with Crippen LogP contribution in [0.4, 0.5) is 10.1 Å². The smallest absolute Gasteiger partial charge is 0.274 e. The number of hydrogen-bond donors (Lipinski definition) is 1. The summed E-state index contributed by atoms with van der Waals surface area (Å²) < 4.78 is 22.7. The van der Waals surface area contributed by atoms with Crippen LogP contribution in [0.25, 0.3) is 17.1 Å². The van der Waals surface area contributed by atoms with Crippen molar-refractivity contribution in [2.75, 3.05) is 18.6 Å². The molecule has 1 saturated carbocycles. The van der Waals surface area contributed by atoms with Crippen molar-refractivity contribution < 1.29 is 13.9 Å². The normalized spacial score (nSPS) is 16.4. The predicted octanol–water partition coefficient (Wildman–Crippen LogP) is 3.59. The number of nitrogens with one attached hydrogen (secondary N) is 1. The number of carbonyl (C=O) groups excluding carboxylic acids is 1. The van der Waals surface area contributed by atoms with E-state index in [2.05, 4.69) is 30.8 Å². The number of para-hydroxylation sites is 1. The first-order valence-corrected chi connectivity index (χ1v) is 10.6. The second-order valence-electron chi connectivity index (χ2n) is 8.08. The van der Waals surface area contributed by atoms with Crippen LogP contribution < -0.4 is 10.1 Å². The lowest BCUT2D eigenvalue weighted by Gasteiger charge is -2.14. The molecule has 1 aromatic carbocycles. The second-order valence-corrected chi connectivity index (χ2v) is 8.08. The molecule has 6 rings (SSSR count). The number of nitrogens with zero attached hydrogens (tertiary/aromatic N) is 7. The number of rotatable bonds is 5. The largest absolute Gasteiger partial charge is 0.488 e. The zero-order valence-electron chi connectivity index (χ0n) is 17.4. The Bertz CT molecular complexity index is 1350. The van der Waals surface area contributed by atoms with Gasteiger partial charge in [0.2, 0.25) is 0 Å². The molecule has 1 aliphatic heterocycles. The van der Waals surface area contributed by atoms with Gasteiger partial charge in [-0.15, -0.1) is 5.10 Å². The maximum absolute atomic E-state index is 13.5. The third-order valence-corrected chi connectivity index (χ3v) is 5.81. The summed E-state index contributed by atoms with van der Waals surface area (Å²) in [5.74, 6) is 0.912. The number of alkyl halides is 1. The highest BCUT2D eigenvalue weighted by Crippen LogP contribution is 2.40. The van der Waals surface area contributed by atoms with Crippen LogP contribution in [-0.4, -0.2) is 53.9 Å². The van der Waals surface area contributed by atoms with Crippen molar-refractivity contribution in [2.45, 2.75) is 32.2 Å². The first kappa shape index (κ1) is 21.7. The van der Waals surface area contributed by atoms with Crippen molar-refractivity contribution in [2.24, 2.45) is 0 Å². The summed E-state index contributed by atoms with van der Waals surface area (Å²) in [7, 11) is 0. The van der Waals surface area contributed by atoms with E-state index in [1.807, 2.05) is 16.8 Å². The predicted molar refractivity (Wildman–Crippen MR) is 122 cm³/mol. The van der Waals surface area contributed by atoms with Gasteiger partial charge < -0.3 is 14.6 Å². The van der Waals surface area contributed by atoms with Crippen molar-refractivity contribution >= 4 is 11.6 Å². The van der Waals surface area contributed by atoms with Gasteiger partial charge in [-0.3, -0.25) is 9.78 Å². The molecule has 34 heavy (non-hydrogen) atoms. The van der Waals surface area contributed by atoms with Gasteiger partial charge in [-0.2, -0.15) is 0 Å². The quantitative estimate of drug-likeness (QED) is 0.482. The van der Waals surface area contributed by atoms with Gasteiger partial charge in [0.25, 0.3) is 5.91 Å². The van der Waals surface area contributed by atoms with Crippen molar-refractivity contribution in [1.29, 1.82) is 0 Å². The number of imidazole rings is 1. The Hall–Kier alpha value is -4.15. The highest BCUT2D eigenvalue weighted by atomic mass is 19.1. The summed E-state index contributed by atoms with van der Waals surface area (Å²) in [6.45, 7) is -0.646. The molecule has 0 spiro atoms. The number of fused-ring (bicyclic) bond motifs is 3. The number of aromatic nitrogens is 7. The van der Waals surface area contributed by atoms with E-state index in [4.69, 9.17) is 4.74 Å². The molecular formula is C23H23FN8O2. The number of tetrazole rings is 1. The van der Waals surface area contributed by atoms with Gasteiger partial charge in [0.15, 0.2) is 11.6 Å². The molecule has 0 unspecified atom stereocenters. The average molecular weight is 462 g/mol. The van der Waals surface area contributed by atoms with E-state index in [1.165, 1.54) is 17.5 Å². The lowest BCUT2D eigenvalue weighted by Crippen LogP contribution is -2.19. The van der Waals surface area contributed by atoms with E-state index in [0.29, 0.717) is 28.7 Å². The van der Waals surface area contributed by atoms with Gasteiger partial charge in [-0.05, 0) is 47.5 Å². The molecule has 4 heterocycles. The SMILES string of the molecule is C.O=C(Nc1cccc2c1OC[C@@H](CF)n1nnnc1-2)c1cc(-n2cnc(C3CC3)c2)ccn1. The molecule has 0 radical (unpaired) electrons. The summed E-state index contributed by atoms with van der Waals surface area (Å²) >= 11 is 0. The lowest BCUT2D eigenvalue weighted by molar-refractivity contribution is 0.102. The van der Waals surface area contributed by atoms with Crippen LogP contribution >= 0.6 is 0 Å². The molecule has 0 bridgehead atoms. The number of hydrogen-bond acceptors (Lipinski definition) is 7. The van der Waals surface area contributed by atoms with Crippen LogP contribution in [-0.2, 0) is 0 Å². The molecule has 11 heteroatoms. The fourth-order valence-electron chi connectivity index (χ4n) is 3.90. The van der Waals surface area contributed by atoms with Crippen LogP contribution in [0.5, 0.6) is 5.75 Å². The average Bonchev–Trinajstić information content (AvgIpc) is 3.42. The van der Waals surface area contributed by atoms with Crippen LogP contribution in [0.1, 0.15) is 48.4 Å². The van der Waals surface area contributed by atoms with E-state index >= 15 is 0 Å². The first-order valence-electron chi connectivity index (χ1n) is 10.6. The third-order valence-electron chi connectivity index (χ3n) is 5.81. The van der Waals surface area contributed by atoms with E-state index in [0.717, 1.165) is 11.4 Å². The van der Waals surface area contributed by atoms with Crippen molar-refractivity contribution in [1.82, 2.24) is 34.7 Å². The van der Waals surface area contributed by atoms with Crippen molar-refractivity contribution in [3.8, 4) is 22.8 Å². The van der Waals surface area contributed by atoms with Crippen molar-refractivity contribution in [3.63, 3.8) is 0 Å². The van der Waals surface area contributed by atoms with Gasteiger partial charge in [0.1, 0.15) is 25.0 Å². The number of anilines is 1. The Labute approximate surface area is 194 Å². The maximum Gasteiger partial charge on any atom is 0.274 e. The van der Waals surface area contributed by atoms with Gasteiger partial charge in [0.05, 0.1) is 29.0 Å². The Morgan fingerprint density at radius 2 is 2.12 bits per heavy atom. The Kier molecular flexibility index (Phi) is 5.52. The molecule has 2 aliphatic rings. The maximum atomic E-state index is 13.5. The fraction of sp³-hybridized carbons (Fsp3) is 0.304. The minimum atomic E-state index is -0.679. The molecule has 0 saturated heterocycles. The topological polar surface area (TPSA) is 113 Å². The standard InChI is InChI=1S/C22H19FN8O2.CH4/c23-9-15-11-33-20-16(21-27-28-29-31(15)21)2-1-3-17(20)26-22(32)18-8-14(6-7-24-18)30-10-19(25-12-30)13-4-5-13;/h1-3,6-8,10,12-13,15H,4-5,9,11H2,(H,26,32);1H4/t15-;/m1./s1. The zero-order chi connectivity index (χ0) is 22.4. The van der Waals surface area contributed by atoms with Crippen molar-refractivity contribution in [3.05, 3.63) is 60.4 Å². The zero-order valence-corrected chi connectivity index (χ0v) is 17.4. The summed E-state index contributed by atoms with van der Waals surface area (Å²) in [4.78, 5) is 21.7. The molecule has 1 N–H and O–H groups in total. The van der Waals surface area contributed by atoms with Gasteiger partial charge in [-0.1, -0.05) is 13.5 Å². The number of carbonyl (C=O) groups is 1. The second kappa shape index (κ2) is 8.65. The minimum Gasteiger partial charge on any atom is -0.488 e. The monoisotopic (exact) mass is 462 g/mol. The van der Waals surface area contributed by atoms with Crippen LogP contribution in [0.3, 0.4) is 0 Å². The van der Waals surface area contributed by atoms with Gasteiger partial charge in [0, 0.05) is 18.3 Å². The molecule has 1 aliphatic carbocycles. The van der Waals surface area contributed by atoms with Crippen LogP contribution in [0.2, 0.25) is 0 Å². The molecule has 4 aromatic rings. The van der Waals surface area contributed by atoms with E-state index < -0.39 is 18.6 Å². The summed E-state index contributed by atoms with van der Waals surface area (Å²) in [5, 5.41) is 14.4. The number of amides is 1. The number of pyridine rings is 1. The van der Waals surface area contributed by atoms with Crippen LogP contribution in [0, 0.1) is 0 Å². The molecule has 1 amide bonds. The van der Waals surface area contributed by atoms with E-state index in [1.54, 1.807) is 36.8 Å². The summed E-state index contributed by atoms with van der Waals surface area (Å²) in [5.41, 5.74) is 3.10. The molecular weight excluding hydrogens is 439 g/mol. The van der Waals surface area contributed by atoms with Gasteiger partial charge >= 0.3 is 0 Å². The number of benzene rings is 1. The molecule has 1 atom stereocenters. The third kappa shape index (κ3) is 3.78. The Balaban J connectivity index is 0.00000241. The highest BCUT2D eigenvalue weighted by Gasteiger charge is 2.28.